The minimum Gasteiger partial charge on any atom is -0.504 e. The molecule has 0 aromatic heterocycles. The number of hydrogen-bond acceptors (Lipinski definition) is 3. The smallest absolute Gasteiger partial charge is 0.194 e. The summed E-state index contributed by atoms with van der Waals surface area (Å²) in [7, 11) is 0. The van der Waals surface area contributed by atoms with E-state index in [0.717, 1.165) is 25.9 Å². The number of rotatable bonds is 2. The average Bonchev–Trinajstić information content (AvgIpc) is 2.31. The topological polar surface area (TPSA) is 52.5 Å². The second kappa shape index (κ2) is 4.70. The normalized spacial score (nSPS) is 17.6. The largest absolute Gasteiger partial charge is 0.504 e. The number of phenols is 2. The first-order valence-electron chi connectivity index (χ1n) is 5.58. The fourth-order valence-corrected chi connectivity index (χ4v) is 2.16. The lowest BCUT2D eigenvalue weighted by Gasteiger charge is -2.22. The fourth-order valence-electron chi connectivity index (χ4n) is 2.16. The molecular weight excluding hydrogens is 209 g/mol. The van der Waals surface area contributed by atoms with Gasteiger partial charge in [0.05, 0.1) is 0 Å². The SMILES string of the molecule is Oc1c(F)ccc(CC2CCNCC2)c1O. The lowest BCUT2D eigenvalue weighted by Crippen LogP contribution is -2.28. The van der Waals surface area contributed by atoms with Crippen molar-refractivity contribution in [3.05, 3.63) is 23.5 Å². The zero-order valence-corrected chi connectivity index (χ0v) is 9.04. The summed E-state index contributed by atoms with van der Waals surface area (Å²) in [5, 5.41) is 22.1. The maximum absolute atomic E-state index is 12.9. The van der Waals surface area contributed by atoms with Crippen LogP contribution in [0.2, 0.25) is 0 Å². The Labute approximate surface area is 93.9 Å². The van der Waals surface area contributed by atoms with Crippen LogP contribution in [-0.4, -0.2) is 23.3 Å². The van der Waals surface area contributed by atoms with E-state index in [4.69, 9.17) is 0 Å². The molecule has 2 rings (SSSR count). The highest BCUT2D eigenvalue weighted by Gasteiger charge is 2.18. The van der Waals surface area contributed by atoms with Crippen molar-refractivity contribution in [2.24, 2.45) is 5.92 Å². The molecule has 4 heteroatoms. The van der Waals surface area contributed by atoms with Crippen LogP contribution >= 0.6 is 0 Å². The molecule has 0 amide bonds. The van der Waals surface area contributed by atoms with Gasteiger partial charge in [-0.1, -0.05) is 6.07 Å². The summed E-state index contributed by atoms with van der Waals surface area (Å²) in [4.78, 5) is 0. The van der Waals surface area contributed by atoms with E-state index < -0.39 is 11.6 Å². The van der Waals surface area contributed by atoms with Gasteiger partial charge < -0.3 is 15.5 Å². The second-order valence-corrected chi connectivity index (χ2v) is 4.30. The van der Waals surface area contributed by atoms with Crippen molar-refractivity contribution >= 4 is 0 Å². The van der Waals surface area contributed by atoms with Crippen molar-refractivity contribution in [1.82, 2.24) is 5.32 Å². The highest BCUT2D eigenvalue weighted by Crippen LogP contribution is 2.33. The van der Waals surface area contributed by atoms with Gasteiger partial charge in [-0.05, 0) is 49.9 Å². The third-order valence-electron chi connectivity index (χ3n) is 3.15. The maximum atomic E-state index is 12.9. The van der Waals surface area contributed by atoms with E-state index >= 15 is 0 Å². The number of piperidine rings is 1. The lowest BCUT2D eigenvalue weighted by molar-refractivity contribution is 0.352. The van der Waals surface area contributed by atoms with E-state index in [-0.39, 0.29) is 5.75 Å². The molecule has 1 aromatic carbocycles. The Bertz CT molecular complexity index is 376. The first-order valence-corrected chi connectivity index (χ1v) is 5.58. The van der Waals surface area contributed by atoms with Gasteiger partial charge in [-0.3, -0.25) is 0 Å². The molecule has 0 saturated carbocycles. The zero-order valence-electron chi connectivity index (χ0n) is 9.04. The Balaban J connectivity index is 2.11. The summed E-state index contributed by atoms with van der Waals surface area (Å²) < 4.78 is 12.9. The number of phenolic OH excluding ortho intramolecular Hbond substituents is 2. The van der Waals surface area contributed by atoms with Gasteiger partial charge in [-0.15, -0.1) is 0 Å². The molecule has 0 radical (unpaired) electrons. The van der Waals surface area contributed by atoms with Gasteiger partial charge in [0.1, 0.15) is 0 Å². The number of benzene rings is 1. The molecule has 3 N–H and O–H groups in total. The lowest BCUT2D eigenvalue weighted by atomic mass is 9.90. The van der Waals surface area contributed by atoms with Crippen LogP contribution in [0.5, 0.6) is 11.5 Å². The molecule has 1 fully saturated rings. The third kappa shape index (κ3) is 2.27. The summed E-state index contributed by atoms with van der Waals surface area (Å²) in [6.07, 6.45) is 2.80. The number of halogens is 1. The molecule has 1 aromatic rings. The maximum Gasteiger partial charge on any atom is 0.194 e. The number of nitrogens with one attached hydrogen (secondary N) is 1. The van der Waals surface area contributed by atoms with E-state index in [9.17, 15) is 14.6 Å². The Morgan fingerprint density at radius 1 is 1.19 bits per heavy atom. The van der Waals surface area contributed by atoms with Crippen LogP contribution in [0.25, 0.3) is 0 Å². The van der Waals surface area contributed by atoms with Crippen LogP contribution in [0.4, 0.5) is 4.39 Å². The van der Waals surface area contributed by atoms with E-state index in [2.05, 4.69) is 5.32 Å². The quantitative estimate of drug-likeness (QED) is 0.672. The second-order valence-electron chi connectivity index (χ2n) is 4.30. The molecule has 0 spiro atoms. The fraction of sp³-hybridized carbons (Fsp3) is 0.500. The van der Waals surface area contributed by atoms with E-state index in [1.54, 1.807) is 6.07 Å². The van der Waals surface area contributed by atoms with E-state index in [0.29, 0.717) is 17.9 Å². The first kappa shape index (κ1) is 11.2. The molecule has 1 aliphatic rings. The summed E-state index contributed by atoms with van der Waals surface area (Å²) in [5.41, 5.74) is 0.630. The van der Waals surface area contributed by atoms with Crippen LogP contribution in [0.1, 0.15) is 18.4 Å². The molecule has 1 heterocycles. The molecule has 3 nitrogen and oxygen atoms in total. The molecule has 0 unspecified atom stereocenters. The minimum atomic E-state index is -0.772. The number of aromatic hydroxyl groups is 2. The van der Waals surface area contributed by atoms with Crippen molar-refractivity contribution in [1.29, 1.82) is 0 Å². The summed E-state index contributed by atoms with van der Waals surface area (Å²) >= 11 is 0. The Kier molecular flexibility index (Phi) is 3.29. The van der Waals surface area contributed by atoms with Gasteiger partial charge in [0, 0.05) is 0 Å². The number of hydrogen-bond donors (Lipinski definition) is 3. The van der Waals surface area contributed by atoms with Crippen LogP contribution < -0.4 is 5.32 Å². The van der Waals surface area contributed by atoms with Crippen molar-refractivity contribution in [3.63, 3.8) is 0 Å². The molecule has 1 saturated heterocycles. The van der Waals surface area contributed by atoms with Crippen molar-refractivity contribution < 1.29 is 14.6 Å². The molecular formula is C12H16FNO2. The highest BCUT2D eigenvalue weighted by molar-refractivity contribution is 5.45. The van der Waals surface area contributed by atoms with Gasteiger partial charge in [-0.25, -0.2) is 4.39 Å². The summed E-state index contributed by atoms with van der Waals surface area (Å²) in [5.74, 6) is -1.21. The molecule has 88 valence electrons. The Hall–Kier alpha value is -1.29. The van der Waals surface area contributed by atoms with E-state index in [1.807, 2.05) is 0 Å². The summed E-state index contributed by atoms with van der Waals surface area (Å²) in [6, 6.07) is 2.75. The highest BCUT2D eigenvalue weighted by atomic mass is 19.1. The minimum absolute atomic E-state index is 0.307. The average molecular weight is 225 g/mol. The first-order chi connectivity index (χ1) is 7.68. The van der Waals surface area contributed by atoms with Crippen molar-refractivity contribution in [3.8, 4) is 11.5 Å². The van der Waals surface area contributed by atoms with Crippen molar-refractivity contribution in [2.75, 3.05) is 13.1 Å². The van der Waals surface area contributed by atoms with Gasteiger partial charge in [-0.2, -0.15) is 0 Å². The predicted molar refractivity (Wildman–Crippen MR) is 59.0 cm³/mol. The van der Waals surface area contributed by atoms with Crippen molar-refractivity contribution in [2.45, 2.75) is 19.3 Å². The van der Waals surface area contributed by atoms with Crippen LogP contribution in [0.3, 0.4) is 0 Å². The van der Waals surface area contributed by atoms with Crippen LogP contribution in [0.15, 0.2) is 12.1 Å². The molecule has 0 bridgehead atoms. The van der Waals surface area contributed by atoms with Gasteiger partial charge in [0.15, 0.2) is 17.3 Å². The third-order valence-corrected chi connectivity index (χ3v) is 3.15. The molecule has 0 aliphatic carbocycles. The molecule has 16 heavy (non-hydrogen) atoms. The Morgan fingerprint density at radius 2 is 1.88 bits per heavy atom. The molecule has 1 aliphatic heterocycles. The van der Waals surface area contributed by atoms with Gasteiger partial charge in [0.25, 0.3) is 0 Å². The zero-order chi connectivity index (χ0) is 11.5. The van der Waals surface area contributed by atoms with Crippen LogP contribution in [-0.2, 0) is 6.42 Å². The Morgan fingerprint density at radius 3 is 2.56 bits per heavy atom. The van der Waals surface area contributed by atoms with Gasteiger partial charge >= 0.3 is 0 Å². The van der Waals surface area contributed by atoms with Gasteiger partial charge in [0.2, 0.25) is 0 Å². The monoisotopic (exact) mass is 225 g/mol. The van der Waals surface area contributed by atoms with E-state index in [1.165, 1.54) is 6.07 Å². The summed E-state index contributed by atoms with van der Waals surface area (Å²) in [6.45, 7) is 1.97. The predicted octanol–water partition coefficient (Wildman–Crippen LogP) is 1.78. The van der Waals surface area contributed by atoms with Crippen LogP contribution in [0, 0.1) is 11.7 Å². The standard InChI is InChI=1S/C12H16FNO2/c13-10-2-1-9(11(15)12(10)16)7-8-3-5-14-6-4-8/h1-2,8,14-16H,3-7H2. The molecule has 0 atom stereocenters.